The van der Waals surface area contributed by atoms with Crippen LogP contribution >= 0.6 is 0 Å². The molecule has 0 unspecified atom stereocenters. The van der Waals surface area contributed by atoms with E-state index < -0.39 is 0 Å². The summed E-state index contributed by atoms with van der Waals surface area (Å²) >= 11 is 0. The minimum Gasteiger partial charge on any atom is -0.321 e. The van der Waals surface area contributed by atoms with Crippen molar-refractivity contribution in [2.75, 3.05) is 5.32 Å². The molecule has 1 aromatic carbocycles. The third kappa shape index (κ3) is 2.47. The Morgan fingerprint density at radius 3 is 2.40 bits per heavy atom. The summed E-state index contributed by atoms with van der Waals surface area (Å²) in [7, 11) is 1.79. The summed E-state index contributed by atoms with van der Waals surface area (Å²) < 4.78 is 1.67. The van der Waals surface area contributed by atoms with Gasteiger partial charge in [-0.15, -0.1) is 0 Å². The first-order chi connectivity index (χ1) is 9.41. The lowest BCUT2D eigenvalue weighted by Crippen LogP contribution is -2.16. The number of aromatic nitrogens is 2. The summed E-state index contributed by atoms with van der Waals surface area (Å²) in [5.74, 6) is -0.331. The first-order valence-corrected chi connectivity index (χ1v) is 6.33. The van der Waals surface area contributed by atoms with Crippen LogP contribution in [0.2, 0.25) is 0 Å². The quantitative estimate of drug-likeness (QED) is 0.872. The molecule has 0 bridgehead atoms. The largest absolute Gasteiger partial charge is 0.321 e. The number of hydrogen-bond acceptors (Lipinski definition) is 3. The number of aryl methyl sites for hydroxylation is 2. The Morgan fingerprint density at radius 2 is 1.85 bits per heavy atom. The van der Waals surface area contributed by atoms with Crippen molar-refractivity contribution in [3.8, 4) is 0 Å². The van der Waals surface area contributed by atoms with E-state index in [1.807, 2.05) is 6.92 Å². The highest BCUT2D eigenvalue weighted by Gasteiger charge is 2.18. The molecular weight excluding hydrogens is 254 g/mol. The zero-order chi connectivity index (χ0) is 14.9. The molecule has 1 heterocycles. The number of nitrogens with one attached hydrogen (secondary N) is 1. The summed E-state index contributed by atoms with van der Waals surface area (Å²) in [5, 5.41) is 7.01. The maximum absolute atomic E-state index is 12.4. The zero-order valence-electron chi connectivity index (χ0n) is 12.0. The Kier molecular flexibility index (Phi) is 3.70. The number of amides is 1. The molecule has 0 saturated heterocycles. The monoisotopic (exact) mass is 271 g/mol. The molecule has 0 fully saturated rings. The first kappa shape index (κ1) is 14.0. The van der Waals surface area contributed by atoms with Gasteiger partial charge in [0.05, 0.1) is 16.9 Å². The lowest BCUT2D eigenvalue weighted by atomic mass is 10.1. The van der Waals surface area contributed by atoms with Crippen molar-refractivity contribution < 1.29 is 9.59 Å². The van der Waals surface area contributed by atoms with Crippen molar-refractivity contribution in [1.29, 1.82) is 0 Å². The number of carbonyl (C=O) groups is 2. The number of carbonyl (C=O) groups excluding carboxylic acids is 2. The van der Waals surface area contributed by atoms with Crippen molar-refractivity contribution in [3.05, 3.63) is 46.8 Å². The highest BCUT2D eigenvalue weighted by Crippen LogP contribution is 2.19. The number of rotatable bonds is 3. The normalized spacial score (nSPS) is 10.4. The van der Waals surface area contributed by atoms with Gasteiger partial charge in [0.2, 0.25) is 0 Å². The van der Waals surface area contributed by atoms with Crippen LogP contribution in [0.3, 0.4) is 0 Å². The van der Waals surface area contributed by atoms with Gasteiger partial charge in [-0.2, -0.15) is 5.10 Å². The molecule has 0 aliphatic carbocycles. The summed E-state index contributed by atoms with van der Waals surface area (Å²) in [5.41, 5.74) is 3.03. The van der Waals surface area contributed by atoms with Gasteiger partial charge < -0.3 is 5.32 Å². The number of ketones is 1. The number of anilines is 1. The summed E-state index contributed by atoms with van der Waals surface area (Å²) in [6.07, 6.45) is 0. The Morgan fingerprint density at radius 1 is 1.20 bits per heavy atom. The van der Waals surface area contributed by atoms with E-state index >= 15 is 0 Å². The van der Waals surface area contributed by atoms with Crippen LogP contribution in [0.15, 0.2) is 24.3 Å². The summed E-state index contributed by atoms with van der Waals surface area (Å²) in [6, 6.07) is 6.97. The zero-order valence-corrected chi connectivity index (χ0v) is 12.0. The molecule has 0 atom stereocenters. The smallest absolute Gasteiger partial charge is 0.259 e. The molecule has 0 aliphatic rings. The average molecular weight is 271 g/mol. The van der Waals surface area contributed by atoms with Gasteiger partial charge in [-0.05, 0) is 32.9 Å². The molecular formula is C15H17N3O2. The molecule has 20 heavy (non-hydrogen) atoms. The van der Waals surface area contributed by atoms with Crippen molar-refractivity contribution >= 4 is 17.4 Å². The van der Waals surface area contributed by atoms with Crippen molar-refractivity contribution in [3.63, 3.8) is 0 Å². The van der Waals surface area contributed by atoms with Gasteiger partial charge in [0.1, 0.15) is 0 Å². The van der Waals surface area contributed by atoms with Crippen LogP contribution < -0.4 is 5.32 Å². The molecule has 1 aromatic heterocycles. The highest BCUT2D eigenvalue weighted by atomic mass is 16.2. The molecule has 5 heteroatoms. The third-order valence-electron chi connectivity index (χ3n) is 3.29. The molecule has 104 valence electrons. The number of Topliss-reactive ketones (excluding diaryl/α,β-unsaturated/α-hetero) is 1. The first-order valence-electron chi connectivity index (χ1n) is 6.33. The molecule has 0 radical (unpaired) electrons. The SMILES string of the molecule is CC(=O)c1ccccc1NC(=O)c1c(C)nn(C)c1C. The number of hydrogen-bond donors (Lipinski definition) is 1. The van der Waals surface area contributed by atoms with Crippen molar-refractivity contribution in [2.24, 2.45) is 7.05 Å². The van der Waals surface area contributed by atoms with E-state index in [0.29, 0.717) is 22.5 Å². The van der Waals surface area contributed by atoms with Crippen LogP contribution in [0.25, 0.3) is 0 Å². The minimum atomic E-state index is -0.248. The number of benzene rings is 1. The maximum Gasteiger partial charge on any atom is 0.259 e. The van der Waals surface area contributed by atoms with Crippen LogP contribution in [0.5, 0.6) is 0 Å². The van der Waals surface area contributed by atoms with Gasteiger partial charge in [-0.3, -0.25) is 14.3 Å². The average Bonchev–Trinajstić information content (AvgIpc) is 2.63. The van der Waals surface area contributed by atoms with Crippen molar-refractivity contribution in [1.82, 2.24) is 9.78 Å². The van der Waals surface area contributed by atoms with Crippen LogP contribution in [0, 0.1) is 13.8 Å². The van der Waals surface area contributed by atoms with E-state index in [9.17, 15) is 9.59 Å². The van der Waals surface area contributed by atoms with Crippen LogP contribution in [-0.2, 0) is 7.05 Å². The standard InChI is InChI=1S/C15H17N3O2/c1-9-14(10(2)18(4)17-9)15(20)16-13-8-6-5-7-12(13)11(3)19/h5-8H,1-4H3,(H,16,20). The fourth-order valence-electron chi connectivity index (χ4n) is 2.19. The van der Waals surface area contributed by atoms with Gasteiger partial charge in [0.25, 0.3) is 5.91 Å². The molecule has 5 nitrogen and oxygen atoms in total. The van der Waals surface area contributed by atoms with Gasteiger partial charge >= 0.3 is 0 Å². The molecule has 0 saturated carbocycles. The summed E-state index contributed by atoms with van der Waals surface area (Å²) in [4.78, 5) is 23.9. The minimum absolute atomic E-state index is 0.0828. The van der Waals surface area contributed by atoms with Gasteiger partial charge in [-0.25, -0.2) is 0 Å². The fraction of sp³-hybridized carbons (Fsp3) is 0.267. The lowest BCUT2D eigenvalue weighted by Gasteiger charge is -2.09. The lowest BCUT2D eigenvalue weighted by molar-refractivity contribution is 0.101. The maximum atomic E-state index is 12.4. The molecule has 0 spiro atoms. The van der Waals surface area contributed by atoms with E-state index in [1.165, 1.54) is 6.92 Å². The molecule has 2 aromatic rings. The fourth-order valence-corrected chi connectivity index (χ4v) is 2.19. The topological polar surface area (TPSA) is 64.0 Å². The van der Waals surface area contributed by atoms with E-state index in [4.69, 9.17) is 0 Å². The Balaban J connectivity index is 2.36. The Labute approximate surface area is 117 Å². The second kappa shape index (κ2) is 5.28. The van der Waals surface area contributed by atoms with Gasteiger partial charge in [0, 0.05) is 18.3 Å². The van der Waals surface area contributed by atoms with E-state index in [-0.39, 0.29) is 11.7 Å². The second-order valence-corrected chi connectivity index (χ2v) is 4.73. The summed E-state index contributed by atoms with van der Waals surface area (Å²) in [6.45, 7) is 5.11. The molecule has 0 aliphatic heterocycles. The molecule has 1 N–H and O–H groups in total. The van der Waals surface area contributed by atoms with Gasteiger partial charge in [-0.1, -0.05) is 12.1 Å². The van der Waals surface area contributed by atoms with Crippen LogP contribution in [0.4, 0.5) is 5.69 Å². The van der Waals surface area contributed by atoms with Crippen LogP contribution in [-0.4, -0.2) is 21.5 Å². The van der Waals surface area contributed by atoms with E-state index in [2.05, 4.69) is 10.4 Å². The van der Waals surface area contributed by atoms with Gasteiger partial charge in [0.15, 0.2) is 5.78 Å². The Bertz CT molecular complexity index is 686. The van der Waals surface area contributed by atoms with E-state index in [1.54, 1.807) is 42.9 Å². The second-order valence-electron chi connectivity index (χ2n) is 4.73. The third-order valence-corrected chi connectivity index (χ3v) is 3.29. The number of nitrogens with zero attached hydrogens (tertiary/aromatic N) is 2. The predicted molar refractivity (Wildman–Crippen MR) is 77.1 cm³/mol. The van der Waals surface area contributed by atoms with Crippen molar-refractivity contribution in [2.45, 2.75) is 20.8 Å². The Hall–Kier alpha value is -2.43. The predicted octanol–water partition coefficient (Wildman–Crippen LogP) is 2.49. The molecule has 2 rings (SSSR count). The highest BCUT2D eigenvalue weighted by molar-refractivity contribution is 6.09. The molecule has 1 amide bonds. The number of para-hydroxylation sites is 1. The van der Waals surface area contributed by atoms with Crippen LogP contribution in [0.1, 0.15) is 39.0 Å². The van der Waals surface area contributed by atoms with E-state index in [0.717, 1.165) is 5.69 Å².